The van der Waals surface area contributed by atoms with E-state index in [0.29, 0.717) is 12.8 Å². The molecule has 2 N–H and O–H groups in total. The van der Waals surface area contributed by atoms with E-state index in [4.69, 9.17) is 5.73 Å². The standard InChI is InChI=1S/C14H13N3OS/c15-13(18)7-6-11-9-19-14-16-12(8-17(11)14)10-4-2-1-3-5-10/h1-5,8-9H,6-7H2,(H2,15,18). The van der Waals surface area contributed by atoms with E-state index < -0.39 is 0 Å². The highest BCUT2D eigenvalue weighted by atomic mass is 32.1. The van der Waals surface area contributed by atoms with E-state index in [1.807, 2.05) is 46.3 Å². The fraction of sp³-hybridized carbons (Fsp3) is 0.143. The van der Waals surface area contributed by atoms with Crippen LogP contribution in [-0.2, 0) is 11.2 Å². The number of imidazole rings is 1. The van der Waals surface area contributed by atoms with Gasteiger partial charge in [0.2, 0.25) is 5.91 Å². The molecule has 0 fully saturated rings. The monoisotopic (exact) mass is 271 g/mol. The Kier molecular flexibility index (Phi) is 3.05. The van der Waals surface area contributed by atoms with Crippen LogP contribution in [0.4, 0.5) is 0 Å². The van der Waals surface area contributed by atoms with Gasteiger partial charge in [-0.2, -0.15) is 0 Å². The topological polar surface area (TPSA) is 60.4 Å². The maximum atomic E-state index is 10.9. The Bertz CT molecular complexity index is 715. The minimum atomic E-state index is -0.275. The third-order valence-corrected chi connectivity index (χ3v) is 3.87. The number of nitrogens with zero attached hydrogens (tertiary/aromatic N) is 2. The highest BCUT2D eigenvalue weighted by Crippen LogP contribution is 2.23. The van der Waals surface area contributed by atoms with Gasteiger partial charge in [0.15, 0.2) is 4.96 Å². The number of hydrogen-bond donors (Lipinski definition) is 1. The molecule has 2 heterocycles. The summed E-state index contributed by atoms with van der Waals surface area (Å²) in [6.07, 6.45) is 3.03. The molecule has 0 bridgehead atoms. The number of fused-ring (bicyclic) bond motifs is 1. The zero-order valence-electron chi connectivity index (χ0n) is 10.2. The van der Waals surface area contributed by atoms with Crippen LogP contribution in [0.15, 0.2) is 41.9 Å². The number of rotatable bonds is 4. The maximum absolute atomic E-state index is 10.9. The van der Waals surface area contributed by atoms with Gasteiger partial charge < -0.3 is 5.73 Å². The summed E-state index contributed by atoms with van der Waals surface area (Å²) in [5, 5.41) is 2.03. The van der Waals surface area contributed by atoms with E-state index in [2.05, 4.69) is 4.98 Å². The molecule has 96 valence electrons. The van der Waals surface area contributed by atoms with Crippen LogP contribution in [0.3, 0.4) is 0 Å². The molecule has 0 unspecified atom stereocenters. The fourth-order valence-electron chi connectivity index (χ4n) is 2.01. The van der Waals surface area contributed by atoms with E-state index in [9.17, 15) is 4.79 Å². The van der Waals surface area contributed by atoms with Crippen molar-refractivity contribution in [3.8, 4) is 11.3 Å². The Morgan fingerprint density at radius 1 is 1.32 bits per heavy atom. The van der Waals surface area contributed by atoms with Crippen molar-refractivity contribution in [3.05, 3.63) is 47.6 Å². The third kappa shape index (κ3) is 2.37. The quantitative estimate of drug-likeness (QED) is 0.792. The predicted octanol–water partition coefficient (Wildman–Crippen LogP) is 2.48. The number of primary amides is 1. The molecular formula is C14H13N3OS. The molecule has 3 rings (SSSR count). The zero-order chi connectivity index (χ0) is 13.2. The Balaban J connectivity index is 1.96. The molecule has 19 heavy (non-hydrogen) atoms. The predicted molar refractivity (Wildman–Crippen MR) is 76.0 cm³/mol. The minimum absolute atomic E-state index is 0.275. The lowest BCUT2D eigenvalue weighted by molar-refractivity contribution is -0.118. The molecule has 0 aliphatic rings. The summed E-state index contributed by atoms with van der Waals surface area (Å²) in [6, 6.07) is 10.1. The van der Waals surface area contributed by atoms with Crippen LogP contribution in [0.1, 0.15) is 12.1 Å². The van der Waals surface area contributed by atoms with Gasteiger partial charge in [-0.1, -0.05) is 30.3 Å². The lowest BCUT2D eigenvalue weighted by Crippen LogP contribution is -2.11. The van der Waals surface area contributed by atoms with Crippen molar-refractivity contribution in [2.24, 2.45) is 5.73 Å². The van der Waals surface area contributed by atoms with Gasteiger partial charge >= 0.3 is 0 Å². The Morgan fingerprint density at radius 2 is 2.11 bits per heavy atom. The SMILES string of the molecule is NC(=O)CCc1csc2nc(-c3ccccc3)cn12. The van der Waals surface area contributed by atoms with Crippen LogP contribution in [-0.4, -0.2) is 15.3 Å². The second kappa shape index (κ2) is 4.85. The fourth-order valence-corrected chi connectivity index (χ4v) is 2.92. The van der Waals surface area contributed by atoms with Crippen molar-refractivity contribution < 1.29 is 4.79 Å². The van der Waals surface area contributed by atoms with Crippen molar-refractivity contribution in [3.63, 3.8) is 0 Å². The number of thiazole rings is 1. The summed E-state index contributed by atoms with van der Waals surface area (Å²) in [4.78, 5) is 16.4. The molecule has 5 heteroatoms. The summed E-state index contributed by atoms with van der Waals surface area (Å²) < 4.78 is 2.04. The average molecular weight is 271 g/mol. The first-order valence-corrected chi connectivity index (χ1v) is 6.91. The van der Waals surface area contributed by atoms with Gasteiger partial charge in [-0.3, -0.25) is 9.20 Å². The van der Waals surface area contributed by atoms with Crippen molar-refractivity contribution in [1.82, 2.24) is 9.38 Å². The zero-order valence-corrected chi connectivity index (χ0v) is 11.1. The van der Waals surface area contributed by atoms with Gasteiger partial charge in [-0.05, 0) is 6.42 Å². The first-order chi connectivity index (χ1) is 9.24. The van der Waals surface area contributed by atoms with Crippen molar-refractivity contribution >= 4 is 22.2 Å². The second-order valence-corrected chi connectivity index (χ2v) is 5.17. The van der Waals surface area contributed by atoms with Gasteiger partial charge in [-0.25, -0.2) is 4.98 Å². The van der Waals surface area contributed by atoms with Crippen LogP contribution in [0.25, 0.3) is 16.2 Å². The second-order valence-electron chi connectivity index (χ2n) is 4.34. The Morgan fingerprint density at radius 3 is 2.84 bits per heavy atom. The van der Waals surface area contributed by atoms with Crippen LogP contribution < -0.4 is 5.73 Å². The molecule has 0 atom stereocenters. The maximum Gasteiger partial charge on any atom is 0.217 e. The number of nitrogens with two attached hydrogens (primary N) is 1. The minimum Gasteiger partial charge on any atom is -0.370 e. The molecule has 0 aliphatic carbocycles. The molecule has 0 radical (unpaired) electrons. The first kappa shape index (κ1) is 11.9. The number of aryl methyl sites for hydroxylation is 1. The van der Waals surface area contributed by atoms with Crippen molar-refractivity contribution in [2.75, 3.05) is 0 Å². The lowest BCUT2D eigenvalue weighted by Gasteiger charge is -1.96. The summed E-state index contributed by atoms with van der Waals surface area (Å²) >= 11 is 1.58. The van der Waals surface area contributed by atoms with Crippen LogP contribution in [0, 0.1) is 0 Å². The number of carbonyl (C=O) groups is 1. The molecule has 2 aromatic heterocycles. The molecule has 1 aromatic carbocycles. The molecule has 0 aliphatic heterocycles. The lowest BCUT2D eigenvalue weighted by atomic mass is 10.2. The normalized spacial score (nSPS) is 10.9. The van der Waals surface area contributed by atoms with Crippen LogP contribution >= 0.6 is 11.3 Å². The average Bonchev–Trinajstić information content (AvgIpc) is 2.97. The third-order valence-electron chi connectivity index (χ3n) is 2.98. The van der Waals surface area contributed by atoms with Gasteiger partial charge in [0.1, 0.15) is 0 Å². The number of hydrogen-bond acceptors (Lipinski definition) is 3. The molecular weight excluding hydrogens is 258 g/mol. The van der Waals surface area contributed by atoms with Gasteiger partial charge in [0, 0.05) is 29.3 Å². The Labute approximate surface area is 114 Å². The van der Waals surface area contributed by atoms with E-state index in [1.165, 1.54) is 0 Å². The summed E-state index contributed by atoms with van der Waals surface area (Å²) in [5.74, 6) is -0.275. The molecule has 0 saturated carbocycles. The molecule has 4 nitrogen and oxygen atoms in total. The van der Waals surface area contributed by atoms with E-state index >= 15 is 0 Å². The Hall–Kier alpha value is -2.14. The van der Waals surface area contributed by atoms with Crippen LogP contribution in [0.5, 0.6) is 0 Å². The first-order valence-electron chi connectivity index (χ1n) is 6.03. The number of carbonyl (C=O) groups excluding carboxylic acids is 1. The largest absolute Gasteiger partial charge is 0.370 e. The summed E-state index contributed by atoms with van der Waals surface area (Å²) in [6.45, 7) is 0. The molecule has 0 saturated heterocycles. The van der Waals surface area contributed by atoms with Crippen molar-refractivity contribution in [2.45, 2.75) is 12.8 Å². The van der Waals surface area contributed by atoms with E-state index in [-0.39, 0.29) is 5.91 Å². The molecule has 1 amide bonds. The van der Waals surface area contributed by atoms with Crippen LogP contribution in [0.2, 0.25) is 0 Å². The van der Waals surface area contributed by atoms with Crippen molar-refractivity contribution in [1.29, 1.82) is 0 Å². The van der Waals surface area contributed by atoms with Gasteiger partial charge in [0.25, 0.3) is 0 Å². The van der Waals surface area contributed by atoms with E-state index in [1.54, 1.807) is 11.3 Å². The molecule has 3 aromatic rings. The summed E-state index contributed by atoms with van der Waals surface area (Å²) in [7, 11) is 0. The van der Waals surface area contributed by atoms with Gasteiger partial charge in [0.05, 0.1) is 5.69 Å². The molecule has 0 spiro atoms. The summed E-state index contributed by atoms with van der Waals surface area (Å²) in [5.41, 5.74) is 8.31. The van der Waals surface area contributed by atoms with E-state index in [0.717, 1.165) is 21.9 Å². The smallest absolute Gasteiger partial charge is 0.217 e. The highest BCUT2D eigenvalue weighted by Gasteiger charge is 2.09. The number of benzene rings is 1. The van der Waals surface area contributed by atoms with Gasteiger partial charge in [-0.15, -0.1) is 11.3 Å². The highest BCUT2D eigenvalue weighted by molar-refractivity contribution is 7.15. The number of aromatic nitrogens is 2. The number of amides is 1.